The number of hydrogen-bond acceptors (Lipinski definition) is 4. The molecule has 0 spiro atoms. The maximum absolute atomic E-state index is 9.33. The van der Waals surface area contributed by atoms with E-state index in [0.29, 0.717) is 11.1 Å². The fourth-order valence-electron chi connectivity index (χ4n) is 2.11. The first-order valence-electron chi connectivity index (χ1n) is 6.00. The van der Waals surface area contributed by atoms with Gasteiger partial charge in [-0.15, -0.1) is 11.8 Å². The van der Waals surface area contributed by atoms with E-state index in [1.807, 2.05) is 43.5 Å². The number of nitrogen functional groups attached to an aromatic ring is 1. The maximum Gasteiger partial charge on any atom is 0.102 e. The topological polar surface area (TPSA) is 73.6 Å². The van der Waals surface area contributed by atoms with Crippen LogP contribution in [-0.4, -0.2) is 6.26 Å². The fraction of sp³-hybridized carbons (Fsp3) is 0.125. The van der Waals surface area contributed by atoms with Crippen LogP contribution in [0.5, 0.6) is 0 Å². The van der Waals surface area contributed by atoms with Gasteiger partial charge in [-0.05, 0) is 42.5 Å². The Hall–Kier alpha value is -2.43. The van der Waals surface area contributed by atoms with Gasteiger partial charge in [-0.2, -0.15) is 10.5 Å². The van der Waals surface area contributed by atoms with Crippen LogP contribution in [-0.2, 0) is 0 Å². The number of nitriles is 2. The lowest BCUT2D eigenvalue weighted by Crippen LogP contribution is -2.00. The van der Waals surface area contributed by atoms with Crippen molar-refractivity contribution in [3.63, 3.8) is 0 Å². The SMILES string of the molecule is CSc1ccc(-c2cc(C)c(C#N)c(N)c2C#N)cc1. The van der Waals surface area contributed by atoms with Crippen molar-refractivity contribution >= 4 is 17.4 Å². The van der Waals surface area contributed by atoms with Crippen molar-refractivity contribution in [2.24, 2.45) is 0 Å². The van der Waals surface area contributed by atoms with E-state index < -0.39 is 0 Å². The molecular formula is C16H13N3S. The van der Waals surface area contributed by atoms with Crippen LogP contribution in [0.25, 0.3) is 11.1 Å². The van der Waals surface area contributed by atoms with E-state index in [0.717, 1.165) is 21.6 Å². The Morgan fingerprint density at radius 3 is 2.15 bits per heavy atom. The lowest BCUT2D eigenvalue weighted by Gasteiger charge is -2.11. The van der Waals surface area contributed by atoms with Gasteiger partial charge in [0.05, 0.1) is 16.8 Å². The molecule has 20 heavy (non-hydrogen) atoms. The highest BCUT2D eigenvalue weighted by Gasteiger charge is 2.15. The van der Waals surface area contributed by atoms with Crippen LogP contribution in [0.4, 0.5) is 5.69 Å². The average Bonchev–Trinajstić information content (AvgIpc) is 2.47. The van der Waals surface area contributed by atoms with E-state index in [4.69, 9.17) is 11.0 Å². The molecule has 0 aliphatic carbocycles. The first kappa shape index (κ1) is 14.0. The zero-order valence-corrected chi connectivity index (χ0v) is 12.1. The van der Waals surface area contributed by atoms with E-state index in [-0.39, 0.29) is 5.69 Å². The van der Waals surface area contributed by atoms with Crippen LogP contribution in [0, 0.1) is 29.6 Å². The lowest BCUT2D eigenvalue weighted by molar-refractivity contribution is 1.37. The average molecular weight is 279 g/mol. The molecular weight excluding hydrogens is 266 g/mol. The highest BCUT2D eigenvalue weighted by atomic mass is 32.2. The zero-order chi connectivity index (χ0) is 14.7. The molecule has 4 heteroatoms. The summed E-state index contributed by atoms with van der Waals surface area (Å²) in [6.45, 7) is 1.83. The molecule has 0 bridgehead atoms. The number of aryl methyl sites for hydroxylation is 1. The van der Waals surface area contributed by atoms with E-state index in [9.17, 15) is 5.26 Å². The summed E-state index contributed by atoms with van der Waals surface area (Å²) in [5.74, 6) is 0. The fourth-order valence-corrected chi connectivity index (χ4v) is 2.52. The van der Waals surface area contributed by atoms with Crippen LogP contribution in [0.1, 0.15) is 16.7 Å². The second-order valence-corrected chi connectivity index (χ2v) is 5.24. The van der Waals surface area contributed by atoms with Crippen LogP contribution in [0.15, 0.2) is 35.2 Å². The summed E-state index contributed by atoms with van der Waals surface area (Å²) in [4.78, 5) is 1.16. The summed E-state index contributed by atoms with van der Waals surface area (Å²) in [6, 6.07) is 14.0. The van der Waals surface area contributed by atoms with Gasteiger partial charge in [0.25, 0.3) is 0 Å². The first-order chi connectivity index (χ1) is 9.62. The molecule has 2 rings (SSSR count). The van der Waals surface area contributed by atoms with Gasteiger partial charge in [-0.25, -0.2) is 0 Å². The van der Waals surface area contributed by atoms with E-state index in [1.54, 1.807) is 11.8 Å². The van der Waals surface area contributed by atoms with Crippen molar-refractivity contribution in [2.45, 2.75) is 11.8 Å². The van der Waals surface area contributed by atoms with Gasteiger partial charge in [0.2, 0.25) is 0 Å². The second kappa shape index (κ2) is 5.69. The monoisotopic (exact) mass is 279 g/mol. The summed E-state index contributed by atoms with van der Waals surface area (Å²) in [5, 5.41) is 18.4. The second-order valence-electron chi connectivity index (χ2n) is 4.36. The number of nitrogens with two attached hydrogens (primary N) is 1. The van der Waals surface area contributed by atoms with Crippen molar-refractivity contribution in [3.05, 3.63) is 47.0 Å². The largest absolute Gasteiger partial charge is 0.397 e. The Bertz CT molecular complexity index is 734. The van der Waals surface area contributed by atoms with Gasteiger partial charge in [0.15, 0.2) is 0 Å². The summed E-state index contributed by atoms with van der Waals surface area (Å²) in [5.41, 5.74) is 9.45. The summed E-state index contributed by atoms with van der Waals surface area (Å²) in [6.07, 6.45) is 2.01. The molecule has 0 radical (unpaired) electrons. The van der Waals surface area contributed by atoms with Crippen molar-refractivity contribution < 1.29 is 0 Å². The van der Waals surface area contributed by atoms with Gasteiger partial charge in [-0.3, -0.25) is 0 Å². The third kappa shape index (κ3) is 2.34. The number of rotatable bonds is 2. The Morgan fingerprint density at radius 1 is 1.05 bits per heavy atom. The minimum absolute atomic E-state index is 0.263. The molecule has 98 valence electrons. The molecule has 0 saturated heterocycles. The Balaban J connectivity index is 2.68. The molecule has 0 heterocycles. The molecule has 0 fully saturated rings. The van der Waals surface area contributed by atoms with Crippen LogP contribution in [0.2, 0.25) is 0 Å². The maximum atomic E-state index is 9.33. The van der Waals surface area contributed by atoms with Gasteiger partial charge in [0, 0.05) is 10.5 Å². The van der Waals surface area contributed by atoms with E-state index >= 15 is 0 Å². The van der Waals surface area contributed by atoms with E-state index in [1.165, 1.54) is 0 Å². The summed E-state index contributed by atoms with van der Waals surface area (Å²) in [7, 11) is 0. The third-order valence-corrected chi connectivity index (χ3v) is 3.93. The molecule has 0 unspecified atom stereocenters. The van der Waals surface area contributed by atoms with Crippen LogP contribution >= 0.6 is 11.8 Å². The molecule has 3 nitrogen and oxygen atoms in total. The quantitative estimate of drug-likeness (QED) is 0.671. The number of thioether (sulfide) groups is 1. The summed E-state index contributed by atoms with van der Waals surface area (Å²) >= 11 is 1.66. The minimum atomic E-state index is 0.263. The molecule has 0 atom stereocenters. The van der Waals surface area contributed by atoms with Gasteiger partial charge >= 0.3 is 0 Å². The molecule has 0 saturated carbocycles. The van der Waals surface area contributed by atoms with Crippen LogP contribution < -0.4 is 5.73 Å². The predicted octanol–water partition coefficient (Wildman–Crippen LogP) is 3.71. The van der Waals surface area contributed by atoms with Crippen LogP contribution in [0.3, 0.4) is 0 Å². The summed E-state index contributed by atoms with van der Waals surface area (Å²) < 4.78 is 0. The molecule has 0 aromatic heterocycles. The number of hydrogen-bond donors (Lipinski definition) is 1. The molecule has 0 amide bonds. The molecule has 0 aliphatic rings. The smallest absolute Gasteiger partial charge is 0.102 e. The van der Waals surface area contributed by atoms with Gasteiger partial charge < -0.3 is 5.73 Å². The Labute approximate surface area is 122 Å². The van der Waals surface area contributed by atoms with Crippen molar-refractivity contribution in [3.8, 4) is 23.3 Å². The molecule has 2 aromatic carbocycles. The van der Waals surface area contributed by atoms with Crippen molar-refractivity contribution in [2.75, 3.05) is 12.0 Å². The van der Waals surface area contributed by atoms with E-state index in [2.05, 4.69) is 12.1 Å². The van der Waals surface area contributed by atoms with Crippen molar-refractivity contribution in [1.82, 2.24) is 0 Å². The lowest BCUT2D eigenvalue weighted by atomic mass is 9.93. The standard InChI is InChI=1S/C16H13N3S/c1-10-7-13(11-3-5-12(20-2)6-4-11)15(9-18)16(19)14(10)8-17/h3-7H,19H2,1-2H3. The Morgan fingerprint density at radius 2 is 1.65 bits per heavy atom. The van der Waals surface area contributed by atoms with Gasteiger partial charge in [-0.1, -0.05) is 12.1 Å². The predicted molar refractivity (Wildman–Crippen MR) is 82.2 cm³/mol. The minimum Gasteiger partial charge on any atom is -0.397 e. The number of benzene rings is 2. The van der Waals surface area contributed by atoms with Gasteiger partial charge in [0.1, 0.15) is 12.1 Å². The molecule has 2 N–H and O–H groups in total. The highest BCUT2D eigenvalue weighted by Crippen LogP contribution is 2.32. The highest BCUT2D eigenvalue weighted by molar-refractivity contribution is 7.98. The normalized spacial score (nSPS) is 9.80. The number of anilines is 1. The molecule has 2 aromatic rings. The van der Waals surface area contributed by atoms with Crippen molar-refractivity contribution in [1.29, 1.82) is 10.5 Å². The Kier molecular flexibility index (Phi) is 3.98. The molecule has 0 aliphatic heterocycles. The zero-order valence-electron chi connectivity index (χ0n) is 11.3. The third-order valence-electron chi connectivity index (χ3n) is 3.19. The first-order valence-corrected chi connectivity index (χ1v) is 7.22. The number of nitrogens with zero attached hydrogens (tertiary/aromatic N) is 2.